The Kier molecular flexibility index (Phi) is 6.46. The fourth-order valence-electron chi connectivity index (χ4n) is 3.36. The Balaban J connectivity index is 1.67. The predicted octanol–water partition coefficient (Wildman–Crippen LogP) is 7.12. The minimum absolute atomic E-state index is 0.0272. The van der Waals surface area contributed by atoms with E-state index in [0.717, 1.165) is 5.56 Å². The molecule has 6 nitrogen and oxygen atoms in total. The third-order valence-corrected chi connectivity index (χ3v) is 7.56. The van der Waals surface area contributed by atoms with Gasteiger partial charge in [0.2, 0.25) is 11.8 Å². The van der Waals surface area contributed by atoms with E-state index in [9.17, 15) is 8.42 Å². The maximum absolute atomic E-state index is 13.1. The molecule has 34 heavy (non-hydrogen) atoms. The lowest BCUT2D eigenvalue weighted by Gasteiger charge is -2.18. The smallest absolute Gasteiger partial charge is 0.263 e. The number of aryl methyl sites for hydroxylation is 1. The summed E-state index contributed by atoms with van der Waals surface area (Å²) in [4.78, 5) is -0.0731. The molecule has 176 valence electrons. The van der Waals surface area contributed by atoms with Crippen LogP contribution in [0.3, 0.4) is 0 Å². The molecule has 1 aromatic heterocycles. The van der Waals surface area contributed by atoms with Gasteiger partial charge in [0.05, 0.1) is 16.3 Å². The van der Waals surface area contributed by atoms with Gasteiger partial charge in [0.15, 0.2) is 0 Å². The van der Waals surface area contributed by atoms with Gasteiger partial charge in [0.1, 0.15) is 4.90 Å². The van der Waals surface area contributed by atoms with Crippen molar-refractivity contribution < 1.29 is 12.8 Å². The Hall–Kier alpha value is -2.87. The number of hydrogen-bond acceptors (Lipinski definition) is 5. The van der Waals surface area contributed by atoms with E-state index in [1.54, 1.807) is 31.2 Å². The van der Waals surface area contributed by atoms with Crippen molar-refractivity contribution in [3.05, 3.63) is 81.8 Å². The third-order valence-electron chi connectivity index (χ3n) is 5.33. The molecule has 0 radical (unpaired) electrons. The second-order valence-corrected chi connectivity index (χ2v) is 11.4. The highest BCUT2D eigenvalue weighted by molar-refractivity contribution is 7.92. The quantitative estimate of drug-likeness (QED) is 0.305. The maximum Gasteiger partial charge on any atom is 0.263 e. The predicted molar refractivity (Wildman–Crippen MR) is 136 cm³/mol. The zero-order valence-corrected chi connectivity index (χ0v) is 21.4. The molecule has 0 aliphatic carbocycles. The second-order valence-electron chi connectivity index (χ2n) is 8.92. The van der Waals surface area contributed by atoms with E-state index in [4.69, 9.17) is 27.6 Å². The number of sulfonamides is 1. The summed E-state index contributed by atoms with van der Waals surface area (Å²) in [6, 6.07) is 17.5. The van der Waals surface area contributed by atoms with E-state index in [-0.39, 0.29) is 26.9 Å². The standard InChI is InChI=1S/C25H23Cl2N3O3S/c1-15-13-22(20(27)14-19(15)26)34(31,32)30-21-8-6-5-7-18(21)24-29-28-23(33-24)16-9-11-17(12-10-16)25(2,3)4/h5-14,30H,1-4H3. The zero-order valence-electron chi connectivity index (χ0n) is 19.1. The molecule has 0 amide bonds. The van der Waals surface area contributed by atoms with Gasteiger partial charge in [-0.15, -0.1) is 10.2 Å². The lowest BCUT2D eigenvalue weighted by atomic mass is 9.87. The van der Waals surface area contributed by atoms with Crippen molar-refractivity contribution in [3.8, 4) is 22.9 Å². The Morgan fingerprint density at radius 2 is 1.53 bits per heavy atom. The molecule has 4 aromatic rings. The average molecular weight is 516 g/mol. The molecule has 0 saturated heterocycles. The van der Waals surface area contributed by atoms with Crippen molar-refractivity contribution in [1.29, 1.82) is 0 Å². The molecule has 0 aliphatic heterocycles. The molecule has 4 rings (SSSR count). The number of nitrogens with zero attached hydrogens (tertiary/aromatic N) is 2. The summed E-state index contributed by atoms with van der Waals surface area (Å²) in [6.07, 6.45) is 0. The molecule has 3 aromatic carbocycles. The van der Waals surface area contributed by atoms with E-state index in [1.807, 2.05) is 24.3 Å². The molecule has 0 saturated carbocycles. The van der Waals surface area contributed by atoms with Crippen LogP contribution in [0.5, 0.6) is 0 Å². The SMILES string of the molecule is Cc1cc(S(=O)(=O)Nc2ccccc2-c2nnc(-c3ccc(C(C)(C)C)cc3)o2)c(Cl)cc1Cl. The minimum Gasteiger partial charge on any atom is -0.416 e. The minimum atomic E-state index is -4.01. The van der Waals surface area contributed by atoms with Gasteiger partial charge in [-0.2, -0.15) is 0 Å². The third kappa shape index (κ3) is 4.97. The topological polar surface area (TPSA) is 85.1 Å². The molecule has 1 heterocycles. The lowest BCUT2D eigenvalue weighted by molar-refractivity contribution is 0.582. The summed E-state index contributed by atoms with van der Waals surface area (Å²) in [5, 5.41) is 8.72. The Labute approximate surface area is 209 Å². The van der Waals surface area contributed by atoms with Gasteiger partial charge in [0.25, 0.3) is 10.0 Å². The number of nitrogens with one attached hydrogen (secondary N) is 1. The number of anilines is 1. The van der Waals surface area contributed by atoms with E-state index in [2.05, 4.69) is 35.7 Å². The first kappa shape index (κ1) is 24.3. The first-order chi connectivity index (χ1) is 16.0. The Morgan fingerprint density at radius 1 is 0.882 bits per heavy atom. The van der Waals surface area contributed by atoms with Gasteiger partial charge in [-0.3, -0.25) is 4.72 Å². The summed E-state index contributed by atoms with van der Waals surface area (Å²) in [6.45, 7) is 8.13. The van der Waals surface area contributed by atoms with Crippen LogP contribution in [0.4, 0.5) is 5.69 Å². The van der Waals surface area contributed by atoms with Crippen molar-refractivity contribution >= 4 is 38.9 Å². The van der Waals surface area contributed by atoms with Gasteiger partial charge in [-0.1, -0.05) is 68.2 Å². The van der Waals surface area contributed by atoms with Crippen LogP contribution in [0.15, 0.2) is 70.0 Å². The van der Waals surface area contributed by atoms with Crippen LogP contribution in [0.2, 0.25) is 10.0 Å². The van der Waals surface area contributed by atoms with E-state index in [1.165, 1.54) is 17.7 Å². The van der Waals surface area contributed by atoms with E-state index in [0.29, 0.717) is 22.0 Å². The Morgan fingerprint density at radius 3 is 2.21 bits per heavy atom. The van der Waals surface area contributed by atoms with Gasteiger partial charge in [-0.05, 0) is 59.9 Å². The van der Waals surface area contributed by atoms with Crippen LogP contribution in [0.1, 0.15) is 31.9 Å². The largest absolute Gasteiger partial charge is 0.416 e. The number of para-hydroxylation sites is 1. The molecule has 1 N–H and O–H groups in total. The van der Waals surface area contributed by atoms with E-state index < -0.39 is 10.0 Å². The Bertz CT molecular complexity index is 1460. The number of halogens is 2. The van der Waals surface area contributed by atoms with Crippen molar-refractivity contribution in [2.24, 2.45) is 0 Å². The van der Waals surface area contributed by atoms with Crippen LogP contribution in [0.25, 0.3) is 22.9 Å². The van der Waals surface area contributed by atoms with Crippen molar-refractivity contribution in [2.45, 2.75) is 38.0 Å². The fraction of sp³-hybridized carbons (Fsp3) is 0.200. The monoisotopic (exact) mass is 515 g/mol. The van der Waals surface area contributed by atoms with Crippen LogP contribution >= 0.6 is 23.2 Å². The van der Waals surface area contributed by atoms with Gasteiger partial charge >= 0.3 is 0 Å². The first-order valence-electron chi connectivity index (χ1n) is 10.5. The molecule has 9 heteroatoms. The summed E-state index contributed by atoms with van der Waals surface area (Å²) in [5.41, 5.74) is 3.31. The van der Waals surface area contributed by atoms with Crippen LogP contribution in [0, 0.1) is 6.92 Å². The van der Waals surface area contributed by atoms with Gasteiger partial charge in [-0.25, -0.2) is 8.42 Å². The molecule has 0 spiro atoms. The van der Waals surface area contributed by atoms with Crippen molar-refractivity contribution in [2.75, 3.05) is 4.72 Å². The van der Waals surface area contributed by atoms with Crippen LogP contribution in [-0.2, 0) is 15.4 Å². The van der Waals surface area contributed by atoms with Gasteiger partial charge in [0, 0.05) is 10.6 Å². The molecular formula is C25H23Cl2N3O3S. The molecule has 0 fully saturated rings. The lowest BCUT2D eigenvalue weighted by Crippen LogP contribution is -2.14. The summed E-state index contributed by atoms with van der Waals surface area (Å²) >= 11 is 12.2. The molecular weight excluding hydrogens is 493 g/mol. The van der Waals surface area contributed by atoms with Gasteiger partial charge < -0.3 is 4.42 Å². The van der Waals surface area contributed by atoms with Crippen molar-refractivity contribution in [1.82, 2.24) is 10.2 Å². The van der Waals surface area contributed by atoms with Crippen LogP contribution in [-0.4, -0.2) is 18.6 Å². The summed E-state index contributed by atoms with van der Waals surface area (Å²) < 4.78 is 34.7. The summed E-state index contributed by atoms with van der Waals surface area (Å²) in [7, 11) is -4.01. The van der Waals surface area contributed by atoms with Crippen LogP contribution < -0.4 is 4.72 Å². The average Bonchev–Trinajstić information content (AvgIpc) is 3.26. The van der Waals surface area contributed by atoms with Crippen molar-refractivity contribution in [3.63, 3.8) is 0 Å². The second kappa shape index (κ2) is 9.06. The highest BCUT2D eigenvalue weighted by Crippen LogP contribution is 2.34. The fourth-order valence-corrected chi connectivity index (χ4v) is 5.27. The highest BCUT2D eigenvalue weighted by atomic mass is 35.5. The van der Waals surface area contributed by atoms with E-state index >= 15 is 0 Å². The molecule has 0 aliphatic rings. The normalized spacial score (nSPS) is 12.1. The number of rotatable bonds is 5. The zero-order chi connectivity index (χ0) is 24.7. The first-order valence-corrected chi connectivity index (χ1v) is 12.7. The number of hydrogen-bond donors (Lipinski definition) is 1. The maximum atomic E-state index is 13.1. The number of aromatic nitrogens is 2. The molecule has 0 unspecified atom stereocenters. The number of benzene rings is 3. The summed E-state index contributed by atoms with van der Waals surface area (Å²) in [5.74, 6) is 0.524. The highest BCUT2D eigenvalue weighted by Gasteiger charge is 2.23. The molecule has 0 bridgehead atoms. The molecule has 0 atom stereocenters.